The van der Waals surface area contributed by atoms with Crippen molar-refractivity contribution in [3.8, 4) is 0 Å². The Balaban J connectivity index is 2.56. The summed E-state index contributed by atoms with van der Waals surface area (Å²) in [6.07, 6.45) is 1.47. The van der Waals surface area contributed by atoms with Crippen LogP contribution in [0.25, 0.3) is 0 Å². The highest BCUT2D eigenvalue weighted by molar-refractivity contribution is 5.15. The number of aliphatic hydroxyl groups is 1. The number of hydrogen-bond donors (Lipinski definition) is 2. The van der Waals surface area contributed by atoms with Crippen LogP contribution in [-0.4, -0.2) is 17.8 Å². The molecule has 0 radical (unpaired) electrons. The van der Waals surface area contributed by atoms with Gasteiger partial charge in [0.05, 0.1) is 6.10 Å². The summed E-state index contributed by atoms with van der Waals surface area (Å²) >= 11 is 0. The van der Waals surface area contributed by atoms with Crippen molar-refractivity contribution in [2.75, 3.05) is 6.54 Å². The third-order valence-electron chi connectivity index (χ3n) is 2.55. The largest absolute Gasteiger partial charge is 0.393 e. The summed E-state index contributed by atoms with van der Waals surface area (Å²) in [5.74, 6) is 0. The first kappa shape index (κ1) is 7.76. The summed E-state index contributed by atoms with van der Waals surface area (Å²) in [6.45, 7) is 6.47. The molecule has 1 rings (SSSR count). The molecule has 0 aromatic heterocycles. The van der Waals surface area contributed by atoms with Crippen LogP contribution in [0.4, 0.5) is 0 Å². The molecule has 0 spiro atoms. The van der Waals surface area contributed by atoms with Crippen molar-refractivity contribution in [3.05, 3.63) is 12.2 Å². The molecule has 58 valence electrons. The molecule has 2 heteroatoms. The predicted molar refractivity (Wildman–Crippen MR) is 41.5 cm³/mol. The van der Waals surface area contributed by atoms with Crippen LogP contribution in [0.3, 0.4) is 0 Å². The van der Waals surface area contributed by atoms with Gasteiger partial charge in [0.25, 0.3) is 0 Å². The van der Waals surface area contributed by atoms with Gasteiger partial charge in [-0.25, -0.2) is 0 Å². The summed E-state index contributed by atoms with van der Waals surface area (Å²) in [4.78, 5) is 0. The molecule has 0 amide bonds. The topological polar surface area (TPSA) is 46.2 Å². The SMILES string of the molecule is C=C(C)C1(CN)CC(O)C1. The molecule has 1 aliphatic carbocycles. The summed E-state index contributed by atoms with van der Waals surface area (Å²) in [7, 11) is 0. The van der Waals surface area contributed by atoms with E-state index >= 15 is 0 Å². The molecule has 0 saturated heterocycles. The molecule has 0 aromatic rings. The Labute approximate surface area is 61.7 Å². The van der Waals surface area contributed by atoms with Crippen molar-refractivity contribution in [2.24, 2.45) is 11.1 Å². The van der Waals surface area contributed by atoms with E-state index in [1.807, 2.05) is 6.92 Å². The number of hydrogen-bond acceptors (Lipinski definition) is 2. The number of aliphatic hydroxyl groups excluding tert-OH is 1. The van der Waals surface area contributed by atoms with Gasteiger partial charge in [0.2, 0.25) is 0 Å². The second-order valence-electron chi connectivity index (χ2n) is 3.33. The summed E-state index contributed by atoms with van der Waals surface area (Å²) in [5, 5.41) is 9.07. The zero-order chi connectivity index (χ0) is 7.78. The summed E-state index contributed by atoms with van der Waals surface area (Å²) in [5.41, 5.74) is 6.74. The minimum atomic E-state index is -0.139. The van der Waals surface area contributed by atoms with E-state index in [2.05, 4.69) is 6.58 Å². The van der Waals surface area contributed by atoms with Crippen LogP contribution >= 0.6 is 0 Å². The van der Waals surface area contributed by atoms with Crippen molar-refractivity contribution in [2.45, 2.75) is 25.9 Å². The van der Waals surface area contributed by atoms with E-state index in [0.29, 0.717) is 6.54 Å². The maximum atomic E-state index is 9.07. The lowest BCUT2D eigenvalue weighted by Gasteiger charge is -2.45. The van der Waals surface area contributed by atoms with Crippen molar-refractivity contribution in [1.82, 2.24) is 0 Å². The second-order valence-corrected chi connectivity index (χ2v) is 3.33. The average Bonchev–Trinajstić information content (AvgIpc) is 1.79. The van der Waals surface area contributed by atoms with Crippen LogP contribution in [0, 0.1) is 5.41 Å². The molecule has 0 aromatic carbocycles. The number of rotatable bonds is 2. The number of nitrogens with two attached hydrogens (primary N) is 1. The molecule has 0 heterocycles. The molecule has 1 fully saturated rings. The Bertz CT molecular complexity index is 147. The fourth-order valence-corrected chi connectivity index (χ4v) is 1.53. The molecule has 0 bridgehead atoms. The van der Waals surface area contributed by atoms with Gasteiger partial charge in [-0.2, -0.15) is 0 Å². The van der Waals surface area contributed by atoms with Gasteiger partial charge in [-0.15, -0.1) is 0 Å². The quantitative estimate of drug-likeness (QED) is 0.555. The van der Waals surface area contributed by atoms with Gasteiger partial charge in [0.15, 0.2) is 0 Å². The Hall–Kier alpha value is -0.340. The highest BCUT2D eigenvalue weighted by atomic mass is 16.3. The summed E-state index contributed by atoms with van der Waals surface area (Å²) in [6, 6.07) is 0. The van der Waals surface area contributed by atoms with Crippen molar-refractivity contribution in [3.63, 3.8) is 0 Å². The van der Waals surface area contributed by atoms with E-state index in [1.165, 1.54) is 0 Å². The smallest absolute Gasteiger partial charge is 0.0558 e. The van der Waals surface area contributed by atoms with Crippen LogP contribution < -0.4 is 5.73 Å². The Kier molecular flexibility index (Phi) is 1.84. The van der Waals surface area contributed by atoms with Gasteiger partial charge in [-0.05, 0) is 19.8 Å². The van der Waals surface area contributed by atoms with E-state index in [1.54, 1.807) is 0 Å². The van der Waals surface area contributed by atoms with Crippen LogP contribution in [0.15, 0.2) is 12.2 Å². The van der Waals surface area contributed by atoms with Crippen LogP contribution in [0.2, 0.25) is 0 Å². The standard InChI is InChI=1S/C8H15NO/c1-6(2)8(5-9)3-7(10)4-8/h7,10H,1,3-5,9H2,2H3. The van der Waals surface area contributed by atoms with E-state index in [0.717, 1.165) is 18.4 Å². The van der Waals surface area contributed by atoms with Crippen LogP contribution in [-0.2, 0) is 0 Å². The zero-order valence-corrected chi connectivity index (χ0v) is 6.43. The third-order valence-corrected chi connectivity index (χ3v) is 2.55. The molecular formula is C8H15NO. The highest BCUT2D eigenvalue weighted by Crippen LogP contribution is 2.45. The maximum absolute atomic E-state index is 9.07. The van der Waals surface area contributed by atoms with Gasteiger partial charge >= 0.3 is 0 Å². The average molecular weight is 141 g/mol. The molecule has 2 nitrogen and oxygen atoms in total. The molecule has 1 aliphatic rings. The van der Waals surface area contributed by atoms with Crippen molar-refractivity contribution >= 4 is 0 Å². The first-order valence-electron chi connectivity index (χ1n) is 3.65. The Morgan fingerprint density at radius 2 is 2.30 bits per heavy atom. The lowest BCUT2D eigenvalue weighted by atomic mass is 9.63. The lowest BCUT2D eigenvalue weighted by molar-refractivity contribution is -0.00290. The van der Waals surface area contributed by atoms with E-state index in [-0.39, 0.29) is 11.5 Å². The van der Waals surface area contributed by atoms with Gasteiger partial charge < -0.3 is 10.8 Å². The Morgan fingerprint density at radius 1 is 1.80 bits per heavy atom. The van der Waals surface area contributed by atoms with E-state index in [4.69, 9.17) is 10.8 Å². The van der Waals surface area contributed by atoms with Crippen molar-refractivity contribution in [1.29, 1.82) is 0 Å². The molecule has 3 N–H and O–H groups in total. The van der Waals surface area contributed by atoms with Gasteiger partial charge in [0.1, 0.15) is 0 Å². The van der Waals surface area contributed by atoms with Gasteiger partial charge in [-0.1, -0.05) is 12.2 Å². The Morgan fingerprint density at radius 3 is 2.40 bits per heavy atom. The molecule has 1 saturated carbocycles. The molecular weight excluding hydrogens is 126 g/mol. The van der Waals surface area contributed by atoms with Gasteiger partial charge in [0, 0.05) is 12.0 Å². The van der Waals surface area contributed by atoms with E-state index in [9.17, 15) is 0 Å². The van der Waals surface area contributed by atoms with Crippen LogP contribution in [0.1, 0.15) is 19.8 Å². The molecule has 10 heavy (non-hydrogen) atoms. The fourth-order valence-electron chi connectivity index (χ4n) is 1.53. The minimum Gasteiger partial charge on any atom is -0.393 e. The van der Waals surface area contributed by atoms with Gasteiger partial charge in [-0.3, -0.25) is 0 Å². The minimum absolute atomic E-state index is 0.0689. The molecule has 0 unspecified atom stereocenters. The predicted octanol–water partition coefficient (Wildman–Crippen LogP) is 0.662. The maximum Gasteiger partial charge on any atom is 0.0558 e. The van der Waals surface area contributed by atoms with E-state index < -0.39 is 0 Å². The highest BCUT2D eigenvalue weighted by Gasteiger charge is 2.42. The monoisotopic (exact) mass is 141 g/mol. The van der Waals surface area contributed by atoms with Crippen LogP contribution in [0.5, 0.6) is 0 Å². The van der Waals surface area contributed by atoms with Crippen molar-refractivity contribution < 1.29 is 5.11 Å². The molecule has 0 aliphatic heterocycles. The summed E-state index contributed by atoms with van der Waals surface area (Å²) < 4.78 is 0. The first-order chi connectivity index (χ1) is 4.60. The third kappa shape index (κ3) is 0.976. The fraction of sp³-hybridized carbons (Fsp3) is 0.750. The zero-order valence-electron chi connectivity index (χ0n) is 6.43. The lowest BCUT2D eigenvalue weighted by Crippen LogP contribution is -2.46. The first-order valence-corrected chi connectivity index (χ1v) is 3.65. The molecule has 0 atom stereocenters. The normalized spacial score (nSPS) is 38.9. The second kappa shape index (κ2) is 2.36.